The predicted octanol–water partition coefficient (Wildman–Crippen LogP) is 2.52. The Labute approximate surface area is 107 Å². The summed E-state index contributed by atoms with van der Waals surface area (Å²) in [4.78, 5) is 24.2. The molecule has 0 aromatic heterocycles. The number of hydrogen-bond acceptors (Lipinski definition) is 2. The van der Waals surface area contributed by atoms with E-state index in [2.05, 4.69) is 0 Å². The lowest BCUT2D eigenvalue weighted by atomic mass is 10.1. The van der Waals surface area contributed by atoms with Crippen LogP contribution in [0, 0.1) is 13.8 Å². The first kappa shape index (κ1) is 14.2. The molecule has 1 rings (SSSR count). The number of carboxylic acids is 1. The molecule has 0 saturated heterocycles. The zero-order valence-electron chi connectivity index (χ0n) is 11.1. The van der Waals surface area contributed by atoms with Crippen LogP contribution in [0.1, 0.15) is 30.9 Å². The fraction of sp³-hybridized carbons (Fsp3) is 0.429. The summed E-state index contributed by atoms with van der Waals surface area (Å²) in [6.45, 7) is 5.47. The minimum Gasteiger partial charge on any atom is -0.480 e. The second-order valence-electron chi connectivity index (χ2n) is 4.47. The number of rotatable bonds is 5. The first-order chi connectivity index (χ1) is 8.43. The molecule has 0 atom stereocenters. The molecule has 0 unspecified atom stereocenters. The first-order valence-corrected chi connectivity index (χ1v) is 6.04. The largest absolute Gasteiger partial charge is 0.480 e. The fourth-order valence-corrected chi connectivity index (χ4v) is 1.91. The Morgan fingerprint density at radius 3 is 2.17 bits per heavy atom. The van der Waals surface area contributed by atoms with E-state index in [0.717, 1.165) is 11.1 Å². The molecule has 0 aliphatic rings. The molecule has 0 radical (unpaired) electrons. The van der Waals surface area contributed by atoms with E-state index >= 15 is 0 Å². The summed E-state index contributed by atoms with van der Waals surface area (Å²) in [6, 6.07) is 5.67. The maximum absolute atomic E-state index is 12.0. The lowest BCUT2D eigenvalue weighted by Crippen LogP contribution is -2.35. The summed E-state index contributed by atoms with van der Waals surface area (Å²) in [5, 5.41) is 8.91. The molecule has 4 heteroatoms. The van der Waals surface area contributed by atoms with Gasteiger partial charge >= 0.3 is 5.97 Å². The van der Waals surface area contributed by atoms with Crippen molar-refractivity contribution in [2.75, 3.05) is 11.4 Å². The number of aliphatic carboxylic acids is 1. The summed E-state index contributed by atoms with van der Waals surface area (Å²) in [5.41, 5.74) is 2.70. The Bertz CT molecular complexity index is 434. The van der Waals surface area contributed by atoms with Gasteiger partial charge in [-0.05, 0) is 43.5 Å². The number of anilines is 1. The number of carboxylic acid groups (broad SMARTS) is 1. The van der Waals surface area contributed by atoms with E-state index in [0.29, 0.717) is 18.5 Å². The molecule has 4 nitrogen and oxygen atoms in total. The number of aryl methyl sites for hydroxylation is 2. The average molecular weight is 249 g/mol. The number of carbonyl (C=O) groups is 2. The van der Waals surface area contributed by atoms with Crippen LogP contribution in [0.4, 0.5) is 5.69 Å². The van der Waals surface area contributed by atoms with Crippen LogP contribution >= 0.6 is 0 Å². The van der Waals surface area contributed by atoms with Crippen molar-refractivity contribution in [1.82, 2.24) is 0 Å². The standard InChI is InChI=1S/C14H19NO3/c1-4-5-13(16)15(9-14(17)18)12-7-10(2)6-11(3)8-12/h6-8H,4-5,9H2,1-3H3,(H,17,18). The molecule has 1 aromatic carbocycles. The van der Waals surface area contributed by atoms with E-state index in [1.807, 2.05) is 39.0 Å². The molecule has 0 spiro atoms. The second kappa shape index (κ2) is 6.19. The van der Waals surface area contributed by atoms with E-state index in [1.54, 1.807) is 0 Å². The highest BCUT2D eigenvalue weighted by atomic mass is 16.4. The summed E-state index contributed by atoms with van der Waals surface area (Å²) < 4.78 is 0. The van der Waals surface area contributed by atoms with E-state index in [4.69, 9.17) is 5.11 Å². The summed E-state index contributed by atoms with van der Waals surface area (Å²) in [7, 11) is 0. The molecule has 0 heterocycles. The van der Waals surface area contributed by atoms with Crippen LogP contribution in [0.2, 0.25) is 0 Å². The normalized spacial score (nSPS) is 10.2. The fourth-order valence-electron chi connectivity index (χ4n) is 1.91. The third-order valence-corrected chi connectivity index (χ3v) is 2.58. The van der Waals surface area contributed by atoms with E-state index in [-0.39, 0.29) is 12.5 Å². The topological polar surface area (TPSA) is 57.6 Å². The molecule has 98 valence electrons. The van der Waals surface area contributed by atoms with Gasteiger partial charge in [-0.3, -0.25) is 9.59 Å². The molecular weight excluding hydrogens is 230 g/mol. The van der Waals surface area contributed by atoms with Crippen molar-refractivity contribution in [3.05, 3.63) is 29.3 Å². The summed E-state index contributed by atoms with van der Waals surface area (Å²) in [5.74, 6) is -1.15. The van der Waals surface area contributed by atoms with Gasteiger partial charge in [0.1, 0.15) is 6.54 Å². The number of amides is 1. The molecule has 1 aromatic rings. The van der Waals surface area contributed by atoms with Gasteiger partial charge in [-0.15, -0.1) is 0 Å². The van der Waals surface area contributed by atoms with Crippen molar-refractivity contribution >= 4 is 17.6 Å². The molecule has 0 aliphatic carbocycles. The van der Waals surface area contributed by atoms with Crippen LogP contribution in [0.3, 0.4) is 0 Å². The number of benzene rings is 1. The maximum Gasteiger partial charge on any atom is 0.323 e. The Morgan fingerprint density at radius 2 is 1.72 bits per heavy atom. The van der Waals surface area contributed by atoms with Crippen molar-refractivity contribution in [2.24, 2.45) is 0 Å². The predicted molar refractivity (Wildman–Crippen MR) is 70.8 cm³/mol. The van der Waals surface area contributed by atoms with E-state index in [1.165, 1.54) is 4.90 Å². The van der Waals surface area contributed by atoms with Gasteiger partial charge in [-0.2, -0.15) is 0 Å². The summed E-state index contributed by atoms with van der Waals surface area (Å²) in [6.07, 6.45) is 1.07. The molecule has 0 saturated carbocycles. The average Bonchev–Trinajstić information content (AvgIpc) is 2.24. The van der Waals surface area contributed by atoms with Gasteiger partial charge in [0, 0.05) is 12.1 Å². The van der Waals surface area contributed by atoms with Gasteiger partial charge in [-0.1, -0.05) is 13.0 Å². The molecular formula is C14H19NO3. The van der Waals surface area contributed by atoms with E-state index < -0.39 is 5.97 Å². The third kappa shape index (κ3) is 3.87. The Morgan fingerprint density at radius 1 is 1.17 bits per heavy atom. The minimum atomic E-state index is -1.00. The minimum absolute atomic E-state index is 0.148. The SMILES string of the molecule is CCCC(=O)N(CC(=O)O)c1cc(C)cc(C)c1. The van der Waals surface area contributed by atoms with Gasteiger partial charge < -0.3 is 10.0 Å². The van der Waals surface area contributed by atoms with Crippen LogP contribution < -0.4 is 4.90 Å². The Balaban J connectivity index is 3.08. The van der Waals surface area contributed by atoms with Crippen LogP contribution in [0.25, 0.3) is 0 Å². The van der Waals surface area contributed by atoms with Gasteiger partial charge in [0.15, 0.2) is 0 Å². The monoisotopic (exact) mass is 249 g/mol. The van der Waals surface area contributed by atoms with Gasteiger partial charge in [0.05, 0.1) is 0 Å². The van der Waals surface area contributed by atoms with Crippen molar-refractivity contribution < 1.29 is 14.7 Å². The molecule has 18 heavy (non-hydrogen) atoms. The smallest absolute Gasteiger partial charge is 0.323 e. The molecule has 0 bridgehead atoms. The zero-order valence-corrected chi connectivity index (χ0v) is 11.1. The van der Waals surface area contributed by atoms with Crippen molar-refractivity contribution in [2.45, 2.75) is 33.6 Å². The lowest BCUT2D eigenvalue weighted by Gasteiger charge is -2.21. The Kier molecular flexibility index (Phi) is 4.89. The van der Waals surface area contributed by atoms with Gasteiger partial charge in [0.25, 0.3) is 0 Å². The molecule has 1 amide bonds. The quantitative estimate of drug-likeness (QED) is 0.872. The van der Waals surface area contributed by atoms with Gasteiger partial charge in [-0.25, -0.2) is 0 Å². The van der Waals surface area contributed by atoms with Crippen molar-refractivity contribution in [3.8, 4) is 0 Å². The highest BCUT2D eigenvalue weighted by molar-refractivity contribution is 5.97. The highest BCUT2D eigenvalue weighted by Gasteiger charge is 2.18. The number of hydrogen-bond donors (Lipinski definition) is 1. The maximum atomic E-state index is 12.0. The molecule has 0 fully saturated rings. The Hall–Kier alpha value is -1.84. The lowest BCUT2D eigenvalue weighted by molar-refractivity contribution is -0.136. The third-order valence-electron chi connectivity index (χ3n) is 2.58. The number of carbonyl (C=O) groups excluding carboxylic acids is 1. The van der Waals surface area contributed by atoms with E-state index in [9.17, 15) is 9.59 Å². The first-order valence-electron chi connectivity index (χ1n) is 6.04. The summed E-state index contributed by atoms with van der Waals surface area (Å²) >= 11 is 0. The molecule has 0 aliphatic heterocycles. The van der Waals surface area contributed by atoms with Crippen LogP contribution in [0.15, 0.2) is 18.2 Å². The molecule has 1 N–H and O–H groups in total. The van der Waals surface area contributed by atoms with Gasteiger partial charge in [0.2, 0.25) is 5.91 Å². The number of nitrogens with zero attached hydrogens (tertiary/aromatic N) is 1. The highest BCUT2D eigenvalue weighted by Crippen LogP contribution is 2.19. The van der Waals surface area contributed by atoms with Crippen LogP contribution in [0.5, 0.6) is 0 Å². The zero-order chi connectivity index (χ0) is 13.7. The van der Waals surface area contributed by atoms with Crippen LogP contribution in [-0.2, 0) is 9.59 Å². The van der Waals surface area contributed by atoms with Crippen molar-refractivity contribution in [3.63, 3.8) is 0 Å². The van der Waals surface area contributed by atoms with Crippen molar-refractivity contribution in [1.29, 1.82) is 0 Å². The van der Waals surface area contributed by atoms with Crippen LogP contribution in [-0.4, -0.2) is 23.5 Å². The second-order valence-corrected chi connectivity index (χ2v) is 4.47.